The van der Waals surface area contributed by atoms with Gasteiger partial charge in [-0.2, -0.15) is 0 Å². The fourth-order valence-electron chi connectivity index (χ4n) is 3.56. The van der Waals surface area contributed by atoms with E-state index < -0.39 is 0 Å². The number of amides is 1. The minimum atomic E-state index is -0.0273. The van der Waals surface area contributed by atoms with Gasteiger partial charge in [-0.05, 0) is 44.6 Å². The Morgan fingerprint density at radius 3 is 3.00 bits per heavy atom. The Kier molecular flexibility index (Phi) is 3.70. The molecular formula is C17H23NO4. The van der Waals surface area contributed by atoms with Crippen LogP contribution < -0.4 is 0 Å². The lowest BCUT2D eigenvalue weighted by atomic mass is 10.0. The second-order valence-corrected chi connectivity index (χ2v) is 6.75. The van der Waals surface area contributed by atoms with E-state index in [1.807, 2.05) is 17.9 Å². The highest BCUT2D eigenvalue weighted by Crippen LogP contribution is 2.35. The summed E-state index contributed by atoms with van der Waals surface area (Å²) < 4.78 is 17.4. The summed E-state index contributed by atoms with van der Waals surface area (Å²) in [6.07, 6.45) is 6.13. The summed E-state index contributed by atoms with van der Waals surface area (Å²) in [5.41, 5.74) is 0.889. The second-order valence-electron chi connectivity index (χ2n) is 6.75. The molecule has 1 aliphatic carbocycles. The average molecular weight is 305 g/mol. The summed E-state index contributed by atoms with van der Waals surface area (Å²) in [5.74, 6) is 1.15. The Hall–Kier alpha value is -1.33. The molecule has 1 amide bonds. The van der Waals surface area contributed by atoms with Gasteiger partial charge in [0, 0.05) is 18.8 Å². The van der Waals surface area contributed by atoms with E-state index in [-0.39, 0.29) is 24.2 Å². The predicted molar refractivity (Wildman–Crippen MR) is 79.7 cm³/mol. The molecule has 1 aromatic rings. The van der Waals surface area contributed by atoms with Gasteiger partial charge in [-0.3, -0.25) is 4.79 Å². The highest BCUT2D eigenvalue weighted by atomic mass is 16.5. The zero-order valence-electron chi connectivity index (χ0n) is 13.0. The molecule has 0 N–H and O–H groups in total. The van der Waals surface area contributed by atoms with Crippen LogP contribution in [-0.4, -0.2) is 48.8 Å². The van der Waals surface area contributed by atoms with Gasteiger partial charge in [0.2, 0.25) is 0 Å². The first-order valence-electron chi connectivity index (χ1n) is 8.32. The Morgan fingerprint density at radius 1 is 1.41 bits per heavy atom. The van der Waals surface area contributed by atoms with Crippen molar-refractivity contribution in [2.45, 2.75) is 50.9 Å². The van der Waals surface area contributed by atoms with Gasteiger partial charge in [0.25, 0.3) is 5.91 Å². The minimum absolute atomic E-state index is 0.00474. The van der Waals surface area contributed by atoms with Crippen molar-refractivity contribution in [1.82, 2.24) is 4.90 Å². The van der Waals surface area contributed by atoms with E-state index >= 15 is 0 Å². The Morgan fingerprint density at radius 2 is 2.27 bits per heavy atom. The lowest BCUT2D eigenvalue weighted by Crippen LogP contribution is -2.44. The summed E-state index contributed by atoms with van der Waals surface area (Å²) in [6, 6.07) is 1.95. The van der Waals surface area contributed by atoms with Gasteiger partial charge in [-0.25, -0.2) is 0 Å². The topological polar surface area (TPSA) is 51.9 Å². The number of hydrogen-bond acceptors (Lipinski definition) is 4. The number of carbonyl (C=O) groups is 1. The highest BCUT2D eigenvalue weighted by molar-refractivity contribution is 5.93. The van der Waals surface area contributed by atoms with Crippen LogP contribution in [0.25, 0.3) is 0 Å². The van der Waals surface area contributed by atoms with Crippen molar-refractivity contribution in [3.63, 3.8) is 0 Å². The smallest absolute Gasteiger partial charge is 0.290 e. The van der Waals surface area contributed by atoms with Crippen molar-refractivity contribution >= 4 is 5.91 Å². The molecule has 0 spiro atoms. The molecule has 3 fully saturated rings. The highest BCUT2D eigenvalue weighted by Gasteiger charge is 2.47. The maximum absolute atomic E-state index is 12.8. The van der Waals surface area contributed by atoms with Gasteiger partial charge in [0.15, 0.2) is 5.76 Å². The van der Waals surface area contributed by atoms with E-state index in [1.54, 1.807) is 6.26 Å². The molecule has 5 nitrogen and oxygen atoms in total. The molecule has 0 unspecified atom stereocenters. The standard InChI is InChI=1S/C17H23NO4/c1-11-6-8-21-15(11)17(19)18-9-14(22-10-12-4-5-12)16-13(18)3-2-7-20-16/h6,8,12-14,16H,2-5,7,9-10H2,1H3/t13-,14+,16+/m1/s1. The molecule has 4 rings (SSSR count). The van der Waals surface area contributed by atoms with E-state index in [4.69, 9.17) is 13.9 Å². The zero-order valence-corrected chi connectivity index (χ0v) is 13.0. The first-order chi connectivity index (χ1) is 10.7. The van der Waals surface area contributed by atoms with Crippen LogP contribution in [-0.2, 0) is 9.47 Å². The van der Waals surface area contributed by atoms with Gasteiger partial charge in [-0.15, -0.1) is 0 Å². The fourth-order valence-corrected chi connectivity index (χ4v) is 3.56. The molecule has 3 atom stereocenters. The molecule has 0 bridgehead atoms. The monoisotopic (exact) mass is 305 g/mol. The van der Waals surface area contributed by atoms with E-state index in [0.29, 0.717) is 12.3 Å². The van der Waals surface area contributed by atoms with Crippen molar-refractivity contribution in [1.29, 1.82) is 0 Å². The van der Waals surface area contributed by atoms with Crippen LogP contribution in [0.1, 0.15) is 41.8 Å². The second kappa shape index (κ2) is 5.70. The molecule has 120 valence electrons. The van der Waals surface area contributed by atoms with Crippen LogP contribution in [0.2, 0.25) is 0 Å². The van der Waals surface area contributed by atoms with Crippen molar-refractivity contribution in [2.24, 2.45) is 5.92 Å². The lowest BCUT2D eigenvalue weighted by molar-refractivity contribution is -0.0782. The minimum Gasteiger partial charge on any atom is -0.459 e. The van der Waals surface area contributed by atoms with Crippen LogP contribution in [0, 0.1) is 12.8 Å². The van der Waals surface area contributed by atoms with Crippen LogP contribution in [0.3, 0.4) is 0 Å². The maximum Gasteiger partial charge on any atom is 0.290 e. The number of aryl methyl sites for hydroxylation is 1. The third kappa shape index (κ3) is 2.57. The maximum atomic E-state index is 12.8. The Balaban J connectivity index is 1.51. The van der Waals surface area contributed by atoms with Gasteiger partial charge >= 0.3 is 0 Å². The molecule has 22 heavy (non-hydrogen) atoms. The van der Waals surface area contributed by atoms with Crippen LogP contribution >= 0.6 is 0 Å². The first-order valence-corrected chi connectivity index (χ1v) is 8.32. The van der Waals surface area contributed by atoms with E-state index in [0.717, 1.165) is 37.5 Å². The molecule has 2 saturated heterocycles. The molecule has 2 aliphatic heterocycles. The fraction of sp³-hybridized carbons (Fsp3) is 0.706. The summed E-state index contributed by atoms with van der Waals surface area (Å²) in [4.78, 5) is 14.7. The number of fused-ring (bicyclic) bond motifs is 1. The van der Waals surface area contributed by atoms with Gasteiger partial charge in [0.1, 0.15) is 12.2 Å². The molecule has 1 aromatic heterocycles. The predicted octanol–water partition coefficient (Wildman–Crippen LogP) is 2.39. The zero-order chi connectivity index (χ0) is 15.1. The van der Waals surface area contributed by atoms with Crippen LogP contribution in [0.4, 0.5) is 0 Å². The van der Waals surface area contributed by atoms with E-state index in [9.17, 15) is 4.79 Å². The van der Waals surface area contributed by atoms with Crippen LogP contribution in [0.5, 0.6) is 0 Å². The summed E-state index contributed by atoms with van der Waals surface area (Å²) >= 11 is 0. The molecule has 1 saturated carbocycles. The first kappa shape index (κ1) is 14.3. The largest absolute Gasteiger partial charge is 0.459 e. The summed E-state index contributed by atoms with van der Waals surface area (Å²) in [7, 11) is 0. The molecular weight excluding hydrogens is 282 g/mol. The van der Waals surface area contributed by atoms with Crippen molar-refractivity contribution < 1.29 is 18.7 Å². The number of ether oxygens (including phenoxy) is 2. The summed E-state index contributed by atoms with van der Waals surface area (Å²) in [5, 5.41) is 0. The lowest BCUT2D eigenvalue weighted by Gasteiger charge is -2.31. The van der Waals surface area contributed by atoms with Crippen molar-refractivity contribution in [3.05, 3.63) is 23.7 Å². The molecule has 3 aliphatic rings. The number of carbonyl (C=O) groups excluding carboxylic acids is 1. The Labute approximate surface area is 130 Å². The quantitative estimate of drug-likeness (QED) is 0.857. The average Bonchev–Trinajstić information content (AvgIpc) is 3.15. The molecule has 3 heterocycles. The van der Waals surface area contributed by atoms with E-state index in [1.165, 1.54) is 12.8 Å². The van der Waals surface area contributed by atoms with Crippen LogP contribution in [0.15, 0.2) is 16.7 Å². The van der Waals surface area contributed by atoms with Crippen molar-refractivity contribution in [2.75, 3.05) is 19.8 Å². The van der Waals surface area contributed by atoms with E-state index in [2.05, 4.69) is 0 Å². The number of rotatable bonds is 4. The number of likely N-dealkylation sites (tertiary alicyclic amines) is 1. The summed E-state index contributed by atoms with van der Waals surface area (Å²) in [6.45, 7) is 4.09. The number of nitrogens with zero attached hydrogens (tertiary/aromatic N) is 1. The molecule has 5 heteroatoms. The number of hydrogen-bond donors (Lipinski definition) is 0. The third-order valence-corrected chi connectivity index (χ3v) is 5.04. The molecule has 0 radical (unpaired) electrons. The van der Waals surface area contributed by atoms with Gasteiger partial charge < -0.3 is 18.8 Å². The SMILES string of the molecule is Cc1ccoc1C(=O)N1C[C@H](OCC2CC2)[C@H]2OCCC[C@H]21. The normalized spacial score (nSPS) is 31.3. The van der Waals surface area contributed by atoms with Crippen molar-refractivity contribution in [3.8, 4) is 0 Å². The molecule has 0 aromatic carbocycles. The van der Waals surface area contributed by atoms with Gasteiger partial charge in [0.05, 0.1) is 18.8 Å². The van der Waals surface area contributed by atoms with Gasteiger partial charge in [-0.1, -0.05) is 0 Å². The Bertz CT molecular complexity index is 551. The third-order valence-electron chi connectivity index (χ3n) is 5.04. The number of furan rings is 1.